The number of amides is 1. The first kappa shape index (κ1) is 15.7. The smallest absolute Gasteiger partial charge is 0.274 e. The van der Waals surface area contributed by atoms with Gasteiger partial charge in [-0.15, -0.1) is 0 Å². The topological polar surface area (TPSA) is 59.9 Å². The first-order valence-corrected chi connectivity index (χ1v) is 7.30. The maximum Gasteiger partial charge on any atom is 0.274 e. The Balaban J connectivity index is 1.64. The minimum Gasteiger partial charge on any atom is -0.454 e. The predicted molar refractivity (Wildman–Crippen MR) is 88.6 cm³/mol. The summed E-state index contributed by atoms with van der Waals surface area (Å²) in [7, 11) is 0. The molecule has 2 aromatic carbocycles. The fraction of sp³-hybridized carbons (Fsp3) is 0.111. The normalized spacial score (nSPS) is 13.3. The van der Waals surface area contributed by atoms with Crippen LogP contribution >= 0.6 is 0 Å². The number of allylic oxidation sites excluding steroid dienone is 1. The quantitative estimate of drug-likeness (QED) is 0.692. The lowest BCUT2D eigenvalue weighted by Gasteiger charge is -2.01. The number of rotatable bonds is 4. The van der Waals surface area contributed by atoms with E-state index in [1.165, 1.54) is 18.2 Å². The fourth-order valence-electron chi connectivity index (χ4n) is 2.12. The van der Waals surface area contributed by atoms with E-state index in [4.69, 9.17) is 9.47 Å². The Hall–Kier alpha value is -3.15. The average Bonchev–Trinajstić information content (AvgIpc) is 3.06. The second kappa shape index (κ2) is 6.95. The van der Waals surface area contributed by atoms with Gasteiger partial charge in [0.1, 0.15) is 5.82 Å². The molecule has 1 amide bonds. The summed E-state index contributed by atoms with van der Waals surface area (Å²) in [6, 6.07) is 11.3. The van der Waals surface area contributed by atoms with Crippen LogP contribution in [0.5, 0.6) is 11.5 Å². The van der Waals surface area contributed by atoms with Crippen molar-refractivity contribution in [1.82, 2.24) is 5.43 Å². The summed E-state index contributed by atoms with van der Waals surface area (Å²) in [5, 5.41) is 3.94. The molecule has 0 radical (unpaired) electrons. The number of carbonyl (C=O) groups excluding carboxylic acids is 1. The molecular weight excluding hydrogens is 311 g/mol. The summed E-state index contributed by atoms with van der Waals surface area (Å²) < 4.78 is 24.1. The standard InChI is InChI=1S/C18H15FN2O3/c1-12(20-21-18(22)14-4-2-3-5-15(14)19)6-7-13-8-9-16-17(10-13)24-11-23-16/h2-10H,11H2,1H3,(H,21,22)/b7-6+,20-12-. The van der Waals surface area contributed by atoms with Crippen LogP contribution in [0.1, 0.15) is 22.8 Å². The van der Waals surface area contributed by atoms with Crippen LogP contribution in [-0.2, 0) is 0 Å². The number of ether oxygens (including phenoxy) is 2. The second-order valence-electron chi connectivity index (χ2n) is 5.12. The minimum absolute atomic E-state index is 0.0474. The molecule has 0 aliphatic carbocycles. The Morgan fingerprint density at radius 2 is 2.00 bits per heavy atom. The van der Waals surface area contributed by atoms with E-state index in [0.29, 0.717) is 11.5 Å². The van der Waals surface area contributed by atoms with Gasteiger partial charge in [-0.1, -0.05) is 24.3 Å². The highest BCUT2D eigenvalue weighted by atomic mass is 19.1. The van der Waals surface area contributed by atoms with Crippen molar-refractivity contribution >= 4 is 17.7 Å². The molecule has 0 fully saturated rings. The van der Waals surface area contributed by atoms with Crippen LogP contribution in [0.2, 0.25) is 0 Å². The Bertz CT molecular complexity index is 831. The molecule has 24 heavy (non-hydrogen) atoms. The summed E-state index contributed by atoms with van der Waals surface area (Å²) in [5.74, 6) is 0.233. The van der Waals surface area contributed by atoms with Gasteiger partial charge in [0.2, 0.25) is 6.79 Å². The third kappa shape index (κ3) is 3.60. The lowest BCUT2D eigenvalue weighted by Crippen LogP contribution is -2.19. The van der Waals surface area contributed by atoms with Crippen molar-refractivity contribution in [3.05, 3.63) is 65.5 Å². The van der Waals surface area contributed by atoms with Crippen molar-refractivity contribution in [2.45, 2.75) is 6.92 Å². The van der Waals surface area contributed by atoms with Gasteiger partial charge in [0, 0.05) is 0 Å². The maximum atomic E-state index is 13.5. The van der Waals surface area contributed by atoms with Gasteiger partial charge in [0.15, 0.2) is 11.5 Å². The maximum absolute atomic E-state index is 13.5. The second-order valence-corrected chi connectivity index (χ2v) is 5.12. The van der Waals surface area contributed by atoms with Crippen molar-refractivity contribution < 1.29 is 18.7 Å². The van der Waals surface area contributed by atoms with Crippen molar-refractivity contribution in [1.29, 1.82) is 0 Å². The molecule has 0 aromatic heterocycles. The van der Waals surface area contributed by atoms with E-state index in [0.717, 1.165) is 11.3 Å². The lowest BCUT2D eigenvalue weighted by molar-refractivity contribution is 0.0951. The van der Waals surface area contributed by atoms with Crippen LogP contribution in [0, 0.1) is 5.82 Å². The van der Waals surface area contributed by atoms with E-state index in [1.54, 1.807) is 19.1 Å². The number of fused-ring (bicyclic) bond motifs is 1. The van der Waals surface area contributed by atoms with Crippen molar-refractivity contribution in [2.24, 2.45) is 5.10 Å². The number of nitrogens with zero attached hydrogens (tertiary/aromatic N) is 1. The van der Waals surface area contributed by atoms with Gasteiger partial charge in [-0.25, -0.2) is 9.82 Å². The van der Waals surface area contributed by atoms with Crippen LogP contribution in [0.15, 0.2) is 53.6 Å². The van der Waals surface area contributed by atoms with Gasteiger partial charge >= 0.3 is 0 Å². The Labute approximate surface area is 138 Å². The molecule has 0 unspecified atom stereocenters. The molecule has 1 aliphatic heterocycles. The van der Waals surface area contributed by atoms with E-state index < -0.39 is 11.7 Å². The van der Waals surface area contributed by atoms with E-state index in [-0.39, 0.29) is 12.4 Å². The van der Waals surface area contributed by atoms with E-state index in [9.17, 15) is 9.18 Å². The zero-order valence-corrected chi connectivity index (χ0v) is 13.0. The van der Waals surface area contributed by atoms with Gasteiger partial charge in [-0.2, -0.15) is 5.10 Å². The predicted octanol–water partition coefficient (Wildman–Crippen LogP) is 3.37. The largest absolute Gasteiger partial charge is 0.454 e. The van der Waals surface area contributed by atoms with E-state index in [1.807, 2.05) is 24.3 Å². The van der Waals surface area contributed by atoms with Gasteiger partial charge < -0.3 is 9.47 Å². The molecule has 0 saturated carbocycles. The van der Waals surface area contributed by atoms with Gasteiger partial charge in [-0.05, 0) is 42.8 Å². The molecule has 6 heteroatoms. The van der Waals surface area contributed by atoms with Crippen LogP contribution < -0.4 is 14.9 Å². The molecule has 0 bridgehead atoms. The molecule has 5 nitrogen and oxygen atoms in total. The SMILES string of the molecule is CC(/C=C/c1ccc2c(c1)OCO2)=N/NC(=O)c1ccccc1F. The third-order valence-electron chi connectivity index (χ3n) is 3.37. The molecule has 0 saturated heterocycles. The summed E-state index contributed by atoms with van der Waals surface area (Å²) in [4.78, 5) is 11.9. The first-order chi connectivity index (χ1) is 11.6. The molecular formula is C18H15FN2O3. The highest BCUT2D eigenvalue weighted by molar-refractivity contribution is 5.99. The van der Waals surface area contributed by atoms with E-state index >= 15 is 0 Å². The molecule has 2 aromatic rings. The van der Waals surface area contributed by atoms with Crippen LogP contribution in [0.25, 0.3) is 6.08 Å². The number of hydrogen-bond acceptors (Lipinski definition) is 4. The van der Waals surface area contributed by atoms with Gasteiger partial charge in [-0.3, -0.25) is 4.79 Å². The van der Waals surface area contributed by atoms with Crippen LogP contribution in [-0.4, -0.2) is 18.4 Å². The molecule has 3 rings (SSSR count). The molecule has 122 valence electrons. The van der Waals surface area contributed by atoms with Gasteiger partial charge in [0.05, 0.1) is 11.3 Å². The first-order valence-electron chi connectivity index (χ1n) is 7.30. The number of carbonyl (C=O) groups is 1. The molecule has 1 aliphatic rings. The van der Waals surface area contributed by atoms with E-state index in [2.05, 4.69) is 10.5 Å². The zero-order chi connectivity index (χ0) is 16.9. The molecule has 0 spiro atoms. The van der Waals surface area contributed by atoms with Crippen molar-refractivity contribution in [3.63, 3.8) is 0 Å². The van der Waals surface area contributed by atoms with Gasteiger partial charge in [0.25, 0.3) is 5.91 Å². The number of benzene rings is 2. The lowest BCUT2D eigenvalue weighted by atomic mass is 10.2. The summed E-state index contributed by atoms with van der Waals surface area (Å²) in [6.07, 6.45) is 3.56. The number of hydrazone groups is 1. The highest BCUT2D eigenvalue weighted by Crippen LogP contribution is 2.32. The van der Waals surface area contributed by atoms with Crippen molar-refractivity contribution in [3.8, 4) is 11.5 Å². The van der Waals surface area contributed by atoms with Crippen LogP contribution in [0.4, 0.5) is 4.39 Å². The Morgan fingerprint density at radius 1 is 1.21 bits per heavy atom. The summed E-state index contributed by atoms with van der Waals surface area (Å²) >= 11 is 0. The number of hydrogen-bond donors (Lipinski definition) is 1. The molecule has 1 heterocycles. The van der Waals surface area contributed by atoms with Crippen molar-refractivity contribution in [2.75, 3.05) is 6.79 Å². The molecule has 1 N–H and O–H groups in total. The minimum atomic E-state index is -0.594. The summed E-state index contributed by atoms with van der Waals surface area (Å²) in [5.41, 5.74) is 3.76. The summed E-state index contributed by atoms with van der Waals surface area (Å²) in [6.45, 7) is 1.95. The Morgan fingerprint density at radius 3 is 2.83 bits per heavy atom. The zero-order valence-electron chi connectivity index (χ0n) is 13.0. The highest BCUT2D eigenvalue weighted by Gasteiger charge is 2.12. The molecule has 0 atom stereocenters. The Kier molecular flexibility index (Phi) is 4.56. The number of nitrogens with one attached hydrogen (secondary N) is 1. The third-order valence-corrected chi connectivity index (χ3v) is 3.37. The van der Waals surface area contributed by atoms with Crippen LogP contribution in [0.3, 0.4) is 0 Å². The monoisotopic (exact) mass is 326 g/mol. The fourth-order valence-corrected chi connectivity index (χ4v) is 2.12. The average molecular weight is 326 g/mol. The number of halogens is 1.